The molecule has 6 rings (SSSR count). The minimum absolute atomic E-state index is 0.0700. The van der Waals surface area contributed by atoms with Gasteiger partial charge in [0.1, 0.15) is 23.5 Å². The van der Waals surface area contributed by atoms with E-state index in [0.717, 1.165) is 53.3 Å². The highest BCUT2D eigenvalue weighted by atomic mass is 16.7. The molecule has 2 atom stereocenters. The van der Waals surface area contributed by atoms with Crippen molar-refractivity contribution in [3.63, 3.8) is 0 Å². The van der Waals surface area contributed by atoms with Crippen LogP contribution in [0.1, 0.15) is 29.5 Å². The predicted octanol–water partition coefficient (Wildman–Crippen LogP) is 2.76. The Labute approximate surface area is 162 Å². The summed E-state index contributed by atoms with van der Waals surface area (Å²) in [7, 11) is 0. The lowest BCUT2D eigenvalue weighted by molar-refractivity contribution is -0.122. The maximum Gasteiger partial charge on any atom is 0.245 e. The summed E-state index contributed by atoms with van der Waals surface area (Å²) in [6, 6.07) is 12.0. The first-order valence-electron chi connectivity index (χ1n) is 9.81. The van der Waals surface area contributed by atoms with E-state index < -0.39 is 5.41 Å². The molecular weight excluding hydrogens is 358 g/mol. The van der Waals surface area contributed by atoms with Gasteiger partial charge in [0.15, 0.2) is 6.79 Å². The van der Waals surface area contributed by atoms with Crippen LogP contribution in [0.5, 0.6) is 11.5 Å². The molecule has 1 saturated heterocycles. The largest absolute Gasteiger partial charge is 0.491 e. The lowest BCUT2D eigenvalue weighted by Crippen LogP contribution is -2.45. The standard InChI is InChI=1S/C22H21NO5/c24-21-22(12-27-20-9-19-14(8-17(20)22)11-25-13-28-19)16-5-1-2-6-18(16)23(21)10-15-4-3-7-26-15/h1-2,5-6,8-9,15H,3-4,7,10-13H2/t15-,22?/m1/s1. The third-order valence-corrected chi connectivity index (χ3v) is 6.30. The van der Waals surface area contributed by atoms with E-state index in [2.05, 4.69) is 0 Å². The van der Waals surface area contributed by atoms with Gasteiger partial charge in [0.25, 0.3) is 0 Å². The van der Waals surface area contributed by atoms with Gasteiger partial charge in [-0.15, -0.1) is 0 Å². The minimum Gasteiger partial charge on any atom is -0.491 e. The number of hydrogen-bond donors (Lipinski definition) is 0. The Bertz CT molecular complexity index is 967. The first-order chi connectivity index (χ1) is 13.8. The van der Waals surface area contributed by atoms with Gasteiger partial charge in [-0.25, -0.2) is 0 Å². The van der Waals surface area contributed by atoms with Crippen molar-refractivity contribution in [2.75, 3.05) is 31.5 Å². The molecule has 0 aromatic heterocycles. The number of carbonyl (C=O) groups is 1. The molecule has 0 bridgehead atoms. The van der Waals surface area contributed by atoms with E-state index in [4.69, 9.17) is 18.9 Å². The molecular formula is C22H21NO5. The number of amides is 1. The zero-order valence-electron chi connectivity index (χ0n) is 15.5. The summed E-state index contributed by atoms with van der Waals surface area (Å²) in [4.78, 5) is 15.7. The van der Waals surface area contributed by atoms with Crippen molar-refractivity contribution < 1.29 is 23.7 Å². The van der Waals surface area contributed by atoms with Crippen LogP contribution in [0.25, 0.3) is 0 Å². The Morgan fingerprint density at radius 2 is 2.04 bits per heavy atom. The van der Waals surface area contributed by atoms with Gasteiger partial charge in [-0.2, -0.15) is 0 Å². The van der Waals surface area contributed by atoms with Crippen molar-refractivity contribution in [2.45, 2.75) is 31.0 Å². The van der Waals surface area contributed by atoms with Gasteiger partial charge in [0, 0.05) is 29.5 Å². The highest BCUT2D eigenvalue weighted by Gasteiger charge is 2.57. The van der Waals surface area contributed by atoms with Crippen LogP contribution in [0.15, 0.2) is 36.4 Å². The fraction of sp³-hybridized carbons (Fsp3) is 0.409. The number of nitrogens with zero attached hydrogens (tertiary/aromatic N) is 1. The normalized spacial score (nSPS) is 27.4. The van der Waals surface area contributed by atoms with Gasteiger partial charge in [0.05, 0.1) is 19.3 Å². The Balaban J connectivity index is 1.48. The number of benzene rings is 2. The Hall–Kier alpha value is -2.57. The zero-order valence-corrected chi connectivity index (χ0v) is 15.5. The molecule has 4 aliphatic heterocycles. The summed E-state index contributed by atoms with van der Waals surface area (Å²) in [5.74, 6) is 1.57. The topological polar surface area (TPSA) is 57.2 Å². The minimum atomic E-state index is -0.809. The lowest BCUT2D eigenvalue weighted by atomic mass is 9.76. The van der Waals surface area contributed by atoms with Gasteiger partial charge in [-0.3, -0.25) is 4.79 Å². The highest BCUT2D eigenvalue weighted by molar-refractivity contribution is 6.11. The molecule has 1 amide bonds. The van der Waals surface area contributed by atoms with Crippen molar-refractivity contribution in [3.05, 3.63) is 53.1 Å². The summed E-state index contributed by atoms with van der Waals surface area (Å²) in [6.45, 7) is 2.40. The van der Waals surface area contributed by atoms with E-state index >= 15 is 0 Å². The monoisotopic (exact) mass is 379 g/mol. The zero-order chi connectivity index (χ0) is 18.7. The molecule has 0 aliphatic carbocycles. The number of hydrogen-bond acceptors (Lipinski definition) is 5. The van der Waals surface area contributed by atoms with Crippen molar-refractivity contribution >= 4 is 11.6 Å². The van der Waals surface area contributed by atoms with Crippen LogP contribution in [0.4, 0.5) is 5.69 Å². The van der Waals surface area contributed by atoms with E-state index in [0.29, 0.717) is 19.8 Å². The van der Waals surface area contributed by atoms with Crippen molar-refractivity contribution in [1.29, 1.82) is 0 Å². The maximum absolute atomic E-state index is 13.8. The van der Waals surface area contributed by atoms with E-state index in [1.807, 2.05) is 41.3 Å². The summed E-state index contributed by atoms with van der Waals surface area (Å²) in [6.07, 6.45) is 2.14. The molecule has 2 aromatic carbocycles. The van der Waals surface area contributed by atoms with Crippen molar-refractivity contribution in [1.82, 2.24) is 0 Å². The summed E-state index contributed by atoms with van der Waals surface area (Å²) in [5, 5.41) is 0. The van der Waals surface area contributed by atoms with Crippen LogP contribution in [-0.4, -0.2) is 38.6 Å². The first kappa shape index (κ1) is 16.4. The number of para-hydroxylation sites is 1. The van der Waals surface area contributed by atoms with E-state index in [9.17, 15) is 4.79 Å². The van der Waals surface area contributed by atoms with E-state index in [1.165, 1.54) is 0 Å². The quantitative estimate of drug-likeness (QED) is 0.803. The second kappa shape index (κ2) is 5.96. The third-order valence-electron chi connectivity index (χ3n) is 6.30. The highest BCUT2D eigenvalue weighted by Crippen LogP contribution is 2.53. The molecule has 0 N–H and O–H groups in total. The predicted molar refractivity (Wildman–Crippen MR) is 101 cm³/mol. The number of rotatable bonds is 2. The van der Waals surface area contributed by atoms with Crippen LogP contribution in [0.2, 0.25) is 0 Å². The van der Waals surface area contributed by atoms with Crippen molar-refractivity contribution in [2.24, 2.45) is 0 Å². The van der Waals surface area contributed by atoms with Gasteiger partial charge < -0.3 is 23.8 Å². The van der Waals surface area contributed by atoms with Crippen LogP contribution < -0.4 is 14.4 Å². The van der Waals surface area contributed by atoms with Crippen LogP contribution in [0.3, 0.4) is 0 Å². The SMILES string of the molecule is O=C1N(C[C@H]2CCCO2)c2ccccc2C12COc1cc3c(cc12)COCO3. The summed E-state index contributed by atoms with van der Waals surface area (Å²) < 4.78 is 22.9. The Morgan fingerprint density at radius 1 is 1.11 bits per heavy atom. The average molecular weight is 379 g/mol. The molecule has 4 heterocycles. The molecule has 0 radical (unpaired) electrons. The first-order valence-corrected chi connectivity index (χ1v) is 9.81. The molecule has 28 heavy (non-hydrogen) atoms. The molecule has 6 heteroatoms. The van der Waals surface area contributed by atoms with E-state index in [1.54, 1.807) is 0 Å². The molecule has 1 unspecified atom stereocenters. The molecule has 2 aromatic rings. The average Bonchev–Trinajstić information content (AvgIpc) is 3.43. The summed E-state index contributed by atoms with van der Waals surface area (Å²) in [5.41, 5.74) is 3.03. The van der Waals surface area contributed by atoms with Gasteiger partial charge in [-0.05, 0) is 30.5 Å². The molecule has 1 fully saturated rings. The lowest BCUT2D eigenvalue weighted by Gasteiger charge is -2.25. The van der Waals surface area contributed by atoms with Crippen LogP contribution in [0, 0.1) is 0 Å². The molecule has 1 spiro atoms. The smallest absolute Gasteiger partial charge is 0.245 e. The Morgan fingerprint density at radius 3 is 2.93 bits per heavy atom. The van der Waals surface area contributed by atoms with Gasteiger partial charge >= 0.3 is 0 Å². The molecule has 6 nitrogen and oxygen atoms in total. The number of anilines is 1. The number of fused-ring (bicyclic) bond motifs is 5. The third kappa shape index (κ3) is 2.13. The second-order valence-electron chi connectivity index (χ2n) is 7.83. The maximum atomic E-state index is 13.8. The molecule has 144 valence electrons. The fourth-order valence-electron chi connectivity index (χ4n) is 4.92. The molecule has 0 saturated carbocycles. The van der Waals surface area contributed by atoms with E-state index in [-0.39, 0.29) is 18.8 Å². The van der Waals surface area contributed by atoms with Crippen LogP contribution >= 0.6 is 0 Å². The molecule has 4 aliphatic rings. The second-order valence-corrected chi connectivity index (χ2v) is 7.83. The van der Waals surface area contributed by atoms with Crippen LogP contribution in [-0.2, 0) is 26.3 Å². The number of carbonyl (C=O) groups excluding carboxylic acids is 1. The van der Waals surface area contributed by atoms with Gasteiger partial charge in [0.2, 0.25) is 5.91 Å². The fourth-order valence-corrected chi connectivity index (χ4v) is 4.92. The van der Waals surface area contributed by atoms with Gasteiger partial charge in [-0.1, -0.05) is 18.2 Å². The summed E-state index contributed by atoms with van der Waals surface area (Å²) >= 11 is 0. The number of ether oxygens (including phenoxy) is 4. The van der Waals surface area contributed by atoms with Crippen molar-refractivity contribution in [3.8, 4) is 11.5 Å². The Kier molecular flexibility index (Phi) is 3.49.